The minimum absolute atomic E-state index is 0.0544. The normalized spacial score (nSPS) is 10.5. The van der Waals surface area contributed by atoms with E-state index in [9.17, 15) is 9.59 Å². The second kappa shape index (κ2) is 15.8. The third kappa shape index (κ3) is 11.9. The van der Waals surface area contributed by atoms with Gasteiger partial charge in [-0.2, -0.15) is 0 Å². The molecule has 0 saturated heterocycles. The molecule has 0 radical (unpaired) electrons. The molecule has 30 heavy (non-hydrogen) atoms. The van der Waals surface area contributed by atoms with Gasteiger partial charge in [0, 0.05) is 24.6 Å². The molecule has 2 rings (SSSR count). The second-order valence-corrected chi connectivity index (χ2v) is 8.31. The number of ether oxygens (including phenoxy) is 2. The molecule has 2 amide bonds. The standard InChI is InChI=1S/C22H28N2O4S2/c25-21(23-17-19-7-3-1-4-8-19)29-15-13-27-11-12-28-14-16-30-22(26)24-18-20-9-5-2-6-10-20/h1-10H,11-18H2,(H,23,25)(H,24,26). The lowest BCUT2D eigenvalue weighted by atomic mass is 10.2. The first kappa shape index (κ1) is 24.3. The van der Waals surface area contributed by atoms with Gasteiger partial charge in [-0.3, -0.25) is 9.59 Å². The molecule has 0 aliphatic rings. The molecule has 162 valence electrons. The number of hydrogen-bond donors (Lipinski definition) is 2. The zero-order chi connectivity index (χ0) is 21.3. The van der Waals surface area contributed by atoms with Crippen LogP contribution in [0.5, 0.6) is 0 Å². The summed E-state index contributed by atoms with van der Waals surface area (Å²) in [6.07, 6.45) is 0. The summed E-state index contributed by atoms with van der Waals surface area (Å²) in [4.78, 5) is 23.5. The molecule has 0 aliphatic carbocycles. The van der Waals surface area contributed by atoms with Crippen molar-refractivity contribution in [3.05, 3.63) is 71.8 Å². The molecule has 2 N–H and O–H groups in total. The Morgan fingerprint density at radius 1 is 0.633 bits per heavy atom. The van der Waals surface area contributed by atoms with Crippen molar-refractivity contribution in [3.8, 4) is 0 Å². The Bertz CT molecular complexity index is 669. The van der Waals surface area contributed by atoms with Gasteiger partial charge in [0.05, 0.1) is 26.4 Å². The zero-order valence-electron chi connectivity index (χ0n) is 16.9. The van der Waals surface area contributed by atoms with Gasteiger partial charge < -0.3 is 20.1 Å². The molecule has 0 aliphatic heterocycles. The van der Waals surface area contributed by atoms with E-state index in [0.29, 0.717) is 51.0 Å². The van der Waals surface area contributed by atoms with Crippen LogP contribution >= 0.6 is 23.5 Å². The fourth-order valence-corrected chi connectivity index (χ4v) is 3.47. The van der Waals surface area contributed by atoms with Gasteiger partial charge in [-0.05, 0) is 11.1 Å². The molecule has 2 aromatic carbocycles. The Hall–Kier alpha value is -2.00. The lowest BCUT2D eigenvalue weighted by Gasteiger charge is -2.07. The van der Waals surface area contributed by atoms with E-state index in [1.165, 1.54) is 23.5 Å². The highest BCUT2D eigenvalue weighted by atomic mass is 32.2. The van der Waals surface area contributed by atoms with Gasteiger partial charge in [-0.25, -0.2) is 0 Å². The number of thioether (sulfide) groups is 2. The molecular formula is C22H28N2O4S2. The van der Waals surface area contributed by atoms with Crippen molar-refractivity contribution >= 4 is 34.0 Å². The molecule has 8 heteroatoms. The molecule has 0 aromatic heterocycles. The van der Waals surface area contributed by atoms with E-state index in [0.717, 1.165) is 11.1 Å². The monoisotopic (exact) mass is 448 g/mol. The van der Waals surface area contributed by atoms with E-state index in [1.807, 2.05) is 60.7 Å². The van der Waals surface area contributed by atoms with Gasteiger partial charge in [0.25, 0.3) is 10.5 Å². The van der Waals surface area contributed by atoms with Crippen molar-refractivity contribution in [1.29, 1.82) is 0 Å². The van der Waals surface area contributed by atoms with Crippen molar-refractivity contribution in [3.63, 3.8) is 0 Å². The first-order valence-electron chi connectivity index (χ1n) is 9.78. The summed E-state index contributed by atoms with van der Waals surface area (Å²) in [6, 6.07) is 19.6. The summed E-state index contributed by atoms with van der Waals surface area (Å²) in [5.41, 5.74) is 2.15. The van der Waals surface area contributed by atoms with Crippen LogP contribution in [0.15, 0.2) is 60.7 Å². The summed E-state index contributed by atoms with van der Waals surface area (Å²) in [7, 11) is 0. The molecule has 0 unspecified atom stereocenters. The van der Waals surface area contributed by atoms with Gasteiger partial charge in [0.15, 0.2) is 0 Å². The van der Waals surface area contributed by atoms with Gasteiger partial charge in [-0.1, -0.05) is 84.2 Å². The maximum absolute atomic E-state index is 11.7. The fraction of sp³-hybridized carbons (Fsp3) is 0.364. The lowest BCUT2D eigenvalue weighted by molar-refractivity contribution is 0.0605. The predicted molar refractivity (Wildman–Crippen MR) is 124 cm³/mol. The highest BCUT2D eigenvalue weighted by Crippen LogP contribution is 2.05. The van der Waals surface area contributed by atoms with Crippen LogP contribution in [0.4, 0.5) is 9.59 Å². The van der Waals surface area contributed by atoms with Gasteiger partial charge in [0.2, 0.25) is 0 Å². The summed E-state index contributed by atoms with van der Waals surface area (Å²) < 4.78 is 10.9. The molecule has 0 saturated carbocycles. The van der Waals surface area contributed by atoms with E-state index in [-0.39, 0.29) is 10.5 Å². The minimum atomic E-state index is -0.0544. The fourth-order valence-electron chi connectivity index (χ4n) is 2.35. The first-order valence-corrected chi connectivity index (χ1v) is 11.8. The van der Waals surface area contributed by atoms with Crippen LogP contribution < -0.4 is 10.6 Å². The number of nitrogens with one attached hydrogen (secondary N) is 2. The lowest BCUT2D eigenvalue weighted by Crippen LogP contribution is -2.19. The zero-order valence-corrected chi connectivity index (χ0v) is 18.5. The Balaban J connectivity index is 1.34. The van der Waals surface area contributed by atoms with Gasteiger partial charge in [-0.15, -0.1) is 0 Å². The molecule has 0 fully saturated rings. The van der Waals surface area contributed by atoms with Crippen molar-refractivity contribution in [2.75, 3.05) is 37.9 Å². The largest absolute Gasteiger partial charge is 0.378 e. The Kier molecular flexibility index (Phi) is 12.8. The molecular weight excluding hydrogens is 420 g/mol. The molecule has 0 atom stereocenters. The van der Waals surface area contributed by atoms with E-state index in [1.54, 1.807) is 0 Å². The van der Waals surface area contributed by atoms with E-state index < -0.39 is 0 Å². The topological polar surface area (TPSA) is 76.7 Å². The predicted octanol–water partition coefficient (Wildman–Crippen LogP) is 4.31. The number of amides is 2. The van der Waals surface area contributed by atoms with Gasteiger partial charge in [0.1, 0.15) is 0 Å². The highest BCUT2D eigenvalue weighted by Gasteiger charge is 2.03. The maximum Gasteiger partial charge on any atom is 0.279 e. The van der Waals surface area contributed by atoms with Crippen LogP contribution in [-0.2, 0) is 22.6 Å². The summed E-state index contributed by atoms with van der Waals surface area (Å²) in [5, 5.41) is 5.61. The Morgan fingerprint density at radius 2 is 1.03 bits per heavy atom. The van der Waals surface area contributed by atoms with Crippen LogP contribution in [0.1, 0.15) is 11.1 Å². The maximum atomic E-state index is 11.7. The summed E-state index contributed by atoms with van der Waals surface area (Å²) >= 11 is 2.42. The van der Waals surface area contributed by atoms with Crippen molar-refractivity contribution in [2.24, 2.45) is 0 Å². The molecule has 0 spiro atoms. The van der Waals surface area contributed by atoms with Crippen LogP contribution in [0.25, 0.3) is 0 Å². The van der Waals surface area contributed by atoms with E-state index in [2.05, 4.69) is 10.6 Å². The van der Waals surface area contributed by atoms with Crippen LogP contribution in [0.2, 0.25) is 0 Å². The van der Waals surface area contributed by atoms with Crippen molar-refractivity contribution < 1.29 is 19.1 Å². The number of hydrogen-bond acceptors (Lipinski definition) is 6. The summed E-state index contributed by atoms with van der Waals surface area (Å²) in [6.45, 7) is 2.98. The molecule has 0 heterocycles. The van der Waals surface area contributed by atoms with Crippen LogP contribution in [-0.4, -0.2) is 48.4 Å². The first-order chi connectivity index (χ1) is 14.7. The third-order valence-electron chi connectivity index (χ3n) is 3.85. The minimum Gasteiger partial charge on any atom is -0.378 e. The van der Waals surface area contributed by atoms with E-state index >= 15 is 0 Å². The Morgan fingerprint density at radius 3 is 1.43 bits per heavy atom. The molecule has 2 aromatic rings. The average molecular weight is 449 g/mol. The number of carbonyl (C=O) groups excluding carboxylic acids is 2. The van der Waals surface area contributed by atoms with Crippen molar-refractivity contribution in [2.45, 2.75) is 13.1 Å². The van der Waals surface area contributed by atoms with Crippen molar-refractivity contribution in [1.82, 2.24) is 10.6 Å². The van der Waals surface area contributed by atoms with Gasteiger partial charge >= 0.3 is 0 Å². The number of benzene rings is 2. The summed E-state index contributed by atoms with van der Waals surface area (Å²) in [5.74, 6) is 1.19. The van der Waals surface area contributed by atoms with E-state index in [4.69, 9.17) is 9.47 Å². The highest BCUT2D eigenvalue weighted by molar-refractivity contribution is 8.13. The second-order valence-electron chi connectivity index (χ2n) is 6.17. The Labute approximate surface area is 186 Å². The number of rotatable bonds is 13. The SMILES string of the molecule is O=C(NCc1ccccc1)SCCOCCOCCSC(=O)NCc1ccccc1. The smallest absolute Gasteiger partial charge is 0.279 e. The molecule has 6 nitrogen and oxygen atoms in total. The van der Waals surface area contributed by atoms with Crippen LogP contribution in [0, 0.1) is 0 Å². The third-order valence-corrected chi connectivity index (χ3v) is 5.41. The quantitative estimate of drug-likeness (QED) is 0.445. The molecule has 0 bridgehead atoms. The average Bonchev–Trinajstić information content (AvgIpc) is 2.79. The number of carbonyl (C=O) groups is 2. The van der Waals surface area contributed by atoms with Crippen LogP contribution in [0.3, 0.4) is 0 Å².